The lowest BCUT2D eigenvalue weighted by Gasteiger charge is -2.45. The molecular formula is C26H28ClF4N5O5S. The third kappa shape index (κ3) is 7.85. The molecule has 1 aromatic heterocycles. The van der Waals surface area contributed by atoms with Crippen molar-refractivity contribution in [3.63, 3.8) is 0 Å². The van der Waals surface area contributed by atoms with E-state index in [4.69, 9.17) is 21.5 Å². The zero-order valence-electron chi connectivity index (χ0n) is 22.3. The summed E-state index contributed by atoms with van der Waals surface area (Å²) >= 11 is 6.35. The Bertz CT molecular complexity index is 1500. The van der Waals surface area contributed by atoms with Crippen molar-refractivity contribution < 1.29 is 41.0 Å². The van der Waals surface area contributed by atoms with E-state index in [9.17, 15) is 26.7 Å². The van der Waals surface area contributed by atoms with Crippen molar-refractivity contribution in [2.24, 2.45) is 0 Å². The van der Waals surface area contributed by atoms with E-state index in [0.29, 0.717) is 6.42 Å². The van der Waals surface area contributed by atoms with E-state index >= 15 is 4.39 Å². The van der Waals surface area contributed by atoms with Crippen molar-refractivity contribution in [1.82, 2.24) is 14.9 Å². The molecule has 42 heavy (non-hydrogen) atoms. The predicted octanol–water partition coefficient (Wildman–Crippen LogP) is 4.57. The van der Waals surface area contributed by atoms with Gasteiger partial charge in [0.2, 0.25) is 0 Å². The van der Waals surface area contributed by atoms with Crippen LogP contribution in [0.25, 0.3) is 0 Å². The van der Waals surface area contributed by atoms with E-state index in [1.165, 1.54) is 24.4 Å². The summed E-state index contributed by atoms with van der Waals surface area (Å²) in [7, 11) is -0.834. The van der Waals surface area contributed by atoms with Crippen LogP contribution in [-0.2, 0) is 26.6 Å². The molecule has 0 bridgehead atoms. The zero-order valence-corrected chi connectivity index (χ0v) is 23.9. The molecule has 0 unspecified atom stereocenters. The van der Waals surface area contributed by atoms with Crippen LogP contribution < -0.4 is 10.0 Å². The van der Waals surface area contributed by atoms with Crippen molar-refractivity contribution in [2.75, 3.05) is 24.1 Å². The number of carbonyl (C=O) groups is 1. The largest absolute Gasteiger partial charge is 0.483 e. The molecule has 0 amide bonds. The number of halogens is 5. The third-order valence-corrected chi connectivity index (χ3v) is 8.43. The Hall–Kier alpha value is -3.53. The van der Waals surface area contributed by atoms with Gasteiger partial charge in [-0.1, -0.05) is 23.7 Å². The number of hydrogen-bond acceptors (Lipinski definition) is 8. The minimum Gasteiger partial charge on any atom is -0.483 e. The maximum atomic E-state index is 15.0. The highest BCUT2D eigenvalue weighted by Crippen LogP contribution is 2.42. The Balaban J connectivity index is 0.00000155. The van der Waals surface area contributed by atoms with Crippen LogP contribution in [0.5, 0.6) is 0 Å². The molecule has 16 heteroatoms. The predicted molar refractivity (Wildman–Crippen MR) is 147 cm³/mol. The molecule has 1 fully saturated rings. The fourth-order valence-electron chi connectivity index (χ4n) is 4.72. The number of aromatic nitrogens is 2. The van der Waals surface area contributed by atoms with Gasteiger partial charge in [0.1, 0.15) is 22.9 Å². The SMILES string of the molecule is CN(C)[C@H]1C[C@](O)(c2cccc(C(F)(F)F)c2)CC[C@@H]1Nc1cc(F)c(S(=O)(=O)Nc2ccncn2)cc1Cl.O=CO. The standard InChI is InChI=1S/C25H26ClF4N5O3S.CH2O2/c1-35(2)21-13-24(36,15-4-3-5-16(10-15)25(28,29)30)8-6-19(21)33-20-12-18(27)22(11-17(20)26)39(37,38)34-23-7-9-31-14-32-23;2-1-3/h3-5,7,9-12,14,19,21,33,36H,6,8,13H2,1-2H3,(H,31,32,34);1H,(H,2,3)/t19-,21-,24-;/m0./s1. The van der Waals surface area contributed by atoms with Crippen LogP contribution in [0.4, 0.5) is 29.1 Å². The van der Waals surface area contributed by atoms with Crippen LogP contribution in [0, 0.1) is 5.82 Å². The molecule has 0 aliphatic heterocycles. The molecule has 1 aliphatic carbocycles. The molecule has 0 radical (unpaired) electrons. The topological polar surface area (TPSA) is 145 Å². The Labute approximate surface area is 244 Å². The lowest BCUT2D eigenvalue weighted by atomic mass is 9.74. The number of hydrogen-bond donors (Lipinski definition) is 4. The van der Waals surface area contributed by atoms with Crippen molar-refractivity contribution in [3.8, 4) is 0 Å². The van der Waals surface area contributed by atoms with Gasteiger partial charge in [0, 0.05) is 18.3 Å². The quantitative estimate of drug-likeness (QED) is 0.217. The molecule has 1 saturated carbocycles. The lowest BCUT2D eigenvalue weighted by molar-refractivity contribution is -0.137. The first kappa shape index (κ1) is 33.0. The number of sulfonamides is 1. The zero-order chi connectivity index (χ0) is 31.3. The van der Waals surface area contributed by atoms with Crippen LogP contribution in [0.15, 0.2) is 59.9 Å². The molecule has 10 nitrogen and oxygen atoms in total. The van der Waals surface area contributed by atoms with Crippen LogP contribution in [0.2, 0.25) is 5.02 Å². The number of alkyl halides is 3. The second-order valence-corrected chi connectivity index (χ2v) is 11.8. The van der Waals surface area contributed by atoms with Crippen LogP contribution in [0.1, 0.15) is 30.4 Å². The first-order chi connectivity index (χ1) is 19.6. The van der Waals surface area contributed by atoms with E-state index in [1.54, 1.807) is 14.1 Å². The summed E-state index contributed by atoms with van der Waals surface area (Å²) in [4.78, 5) is 16.9. The summed E-state index contributed by atoms with van der Waals surface area (Å²) in [5, 5.41) is 21.4. The highest BCUT2D eigenvalue weighted by molar-refractivity contribution is 7.92. The fraction of sp³-hybridized carbons (Fsp3) is 0.346. The van der Waals surface area contributed by atoms with Gasteiger partial charge in [-0.25, -0.2) is 22.8 Å². The average molecular weight is 634 g/mol. The molecule has 3 aromatic rings. The maximum Gasteiger partial charge on any atom is 0.416 e. The number of rotatable bonds is 7. The van der Waals surface area contributed by atoms with Gasteiger partial charge in [-0.15, -0.1) is 0 Å². The van der Waals surface area contributed by atoms with Gasteiger partial charge in [-0.3, -0.25) is 9.52 Å². The minimum atomic E-state index is -4.54. The molecule has 4 N–H and O–H groups in total. The van der Waals surface area contributed by atoms with Gasteiger partial charge in [0.15, 0.2) is 0 Å². The van der Waals surface area contributed by atoms with Gasteiger partial charge in [-0.05, 0) is 69.3 Å². The molecule has 2 aromatic carbocycles. The number of anilines is 2. The molecule has 4 rings (SSSR count). The number of aliphatic hydroxyl groups is 1. The van der Waals surface area contributed by atoms with E-state index in [-0.39, 0.29) is 53.5 Å². The van der Waals surface area contributed by atoms with Gasteiger partial charge >= 0.3 is 6.18 Å². The second kappa shape index (κ2) is 13.2. The number of nitrogens with one attached hydrogen (secondary N) is 2. The molecular weight excluding hydrogens is 606 g/mol. The first-order valence-corrected chi connectivity index (χ1v) is 14.2. The molecule has 1 heterocycles. The number of benzene rings is 2. The Kier molecular flexibility index (Phi) is 10.4. The Morgan fingerprint density at radius 2 is 1.88 bits per heavy atom. The van der Waals surface area contributed by atoms with E-state index in [1.807, 2.05) is 4.90 Å². The third-order valence-electron chi connectivity index (χ3n) is 6.74. The van der Waals surface area contributed by atoms with Crippen molar-refractivity contribution >= 4 is 39.6 Å². The summed E-state index contributed by atoms with van der Waals surface area (Å²) in [5.41, 5.74) is -2.07. The lowest BCUT2D eigenvalue weighted by Crippen LogP contribution is -2.52. The monoisotopic (exact) mass is 633 g/mol. The normalized spacial score (nSPS) is 20.8. The van der Waals surface area contributed by atoms with E-state index in [2.05, 4.69) is 20.0 Å². The van der Waals surface area contributed by atoms with Crippen LogP contribution >= 0.6 is 11.6 Å². The van der Waals surface area contributed by atoms with Gasteiger partial charge in [0.25, 0.3) is 16.5 Å². The van der Waals surface area contributed by atoms with Crippen molar-refractivity contribution in [2.45, 2.75) is 48.0 Å². The first-order valence-electron chi connectivity index (χ1n) is 12.3. The number of likely N-dealkylation sites (N-methyl/N-ethyl adjacent to an activating group) is 1. The fourth-order valence-corrected chi connectivity index (χ4v) is 6.10. The molecule has 0 spiro atoms. The van der Waals surface area contributed by atoms with Crippen LogP contribution in [-0.4, -0.2) is 66.1 Å². The van der Waals surface area contributed by atoms with Gasteiger partial charge in [0.05, 0.1) is 21.9 Å². The van der Waals surface area contributed by atoms with E-state index < -0.39 is 38.1 Å². The number of nitrogens with zero attached hydrogens (tertiary/aromatic N) is 3. The molecule has 1 aliphatic rings. The van der Waals surface area contributed by atoms with Crippen molar-refractivity contribution in [3.05, 3.63) is 77.0 Å². The van der Waals surface area contributed by atoms with Crippen LogP contribution in [0.3, 0.4) is 0 Å². The Morgan fingerprint density at radius 3 is 2.48 bits per heavy atom. The number of carboxylic acid groups (broad SMARTS) is 1. The summed E-state index contributed by atoms with van der Waals surface area (Å²) in [5.74, 6) is -1.10. The molecule has 3 atom stereocenters. The minimum absolute atomic E-state index is 0.0491. The summed E-state index contributed by atoms with van der Waals surface area (Å²) in [6, 6.07) is 7.13. The van der Waals surface area contributed by atoms with Gasteiger partial charge < -0.3 is 20.4 Å². The highest BCUT2D eigenvalue weighted by Gasteiger charge is 2.43. The van der Waals surface area contributed by atoms with Gasteiger partial charge in [-0.2, -0.15) is 13.2 Å². The highest BCUT2D eigenvalue weighted by atomic mass is 35.5. The maximum absolute atomic E-state index is 15.0. The second-order valence-electron chi connectivity index (χ2n) is 9.70. The smallest absolute Gasteiger partial charge is 0.416 e. The molecule has 0 saturated heterocycles. The Morgan fingerprint density at radius 1 is 1.19 bits per heavy atom. The summed E-state index contributed by atoms with van der Waals surface area (Å²) in [6.45, 7) is -0.250. The summed E-state index contributed by atoms with van der Waals surface area (Å²) in [6.07, 6.45) is -1.56. The van der Waals surface area contributed by atoms with E-state index in [0.717, 1.165) is 30.6 Å². The molecule has 228 valence electrons. The summed E-state index contributed by atoms with van der Waals surface area (Å²) < 4.78 is 82.4. The average Bonchev–Trinajstić information content (AvgIpc) is 2.92. The van der Waals surface area contributed by atoms with Crippen molar-refractivity contribution in [1.29, 1.82) is 0 Å².